The summed E-state index contributed by atoms with van der Waals surface area (Å²) < 4.78 is 4.72. The highest BCUT2D eigenvalue weighted by Crippen LogP contribution is 2.38. The van der Waals surface area contributed by atoms with E-state index >= 15 is 0 Å². The van der Waals surface area contributed by atoms with Gasteiger partial charge in [0.15, 0.2) is 0 Å². The molecule has 8 aromatic carbocycles. The fourth-order valence-corrected chi connectivity index (χ4v) is 8.29. The molecular weight excluding hydrogens is 657 g/mol. The van der Waals surface area contributed by atoms with Gasteiger partial charge in [-0.05, 0) is 60.7 Å². The minimum Gasteiger partial charge on any atom is -0.309 e. The maximum absolute atomic E-state index is 5.53. The van der Waals surface area contributed by atoms with Crippen LogP contribution in [-0.4, -0.2) is 20.6 Å². The molecule has 0 aliphatic carbocycles. The highest BCUT2D eigenvalue weighted by atomic mass is 15.0. The van der Waals surface area contributed by atoms with E-state index in [1.165, 1.54) is 32.6 Å². The summed E-state index contributed by atoms with van der Waals surface area (Å²) in [6.07, 6.45) is 0. The molecule has 2 aromatic heterocycles. The van der Waals surface area contributed by atoms with Gasteiger partial charge in [-0.1, -0.05) is 133 Å². The van der Waals surface area contributed by atoms with Gasteiger partial charge in [0.2, 0.25) is 0 Å². The molecule has 0 N–H and O–H groups in total. The quantitative estimate of drug-likeness (QED) is 0.176. The van der Waals surface area contributed by atoms with Crippen LogP contribution in [0.5, 0.6) is 0 Å². The normalized spacial score (nSPS) is 12.7. The van der Waals surface area contributed by atoms with E-state index in [1.54, 1.807) is 0 Å². The van der Waals surface area contributed by atoms with E-state index in [9.17, 15) is 0 Å². The largest absolute Gasteiger partial charge is 0.309 e. The molecule has 0 bridgehead atoms. The fraction of sp³-hybridized carbons (Fsp3) is 0. The maximum atomic E-state index is 5.53. The molecule has 0 fully saturated rings. The van der Waals surface area contributed by atoms with E-state index in [0.717, 1.165) is 67.5 Å². The van der Waals surface area contributed by atoms with Crippen LogP contribution in [0.2, 0.25) is 0 Å². The summed E-state index contributed by atoms with van der Waals surface area (Å²) in [5.41, 5.74) is 14.5. The first-order valence-corrected chi connectivity index (χ1v) is 18.3. The minimum absolute atomic E-state index is 0.883. The third kappa shape index (κ3) is 4.70. The van der Waals surface area contributed by atoms with Crippen LogP contribution in [0.3, 0.4) is 0 Å². The van der Waals surface area contributed by atoms with Crippen molar-refractivity contribution in [1.82, 2.24) is 9.13 Å². The number of nitrogens with zero attached hydrogens (tertiary/aromatic N) is 4. The van der Waals surface area contributed by atoms with Crippen LogP contribution in [0.15, 0.2) is 204 Å². The number of hydrogen-bond acceptors (Lipinski definition) is 2. The van der Waals surface area contributed by atoms with E-state index in [1.807, 2.05) is 0 Å². The molecule has 1 aliphatic heterocycles. The Morgan fingerprint density at radius 3 is 1.13 bits per heavy atom. The molecule has 0 unspecified atom stereocenters. The van der Waals surface area contributed by atoms with Crippen molar-refractivity contribution < 1.29 is 0 Å². The number of aromatic nitrogens is 2. The molecular formula is C50H32N4. The van der Waals surface area contributed by atoms with Gasteiger partial charge in [-0.3, -0.25) is 0 Å². The van der Waals surface area contributed by atoms with Crippen molar-refractivity contribution >= 4 is 66.4 Å². The highest BCUT2D eigenvalue weighted by Gasteiger charge is 2.22. The Hall–Kier alpha value is -7.30. The lowest BCUT2D eigenvalue weighted by Gasteiger charge is -2.18. The van der Waals surface area contributed by atoms with E-state index in [-0.39, 0.29) is 0 Å². The maximum Gasteiger partial charge on any atom is 0.0804 e. The Balaban J connectivity index is 1.13. The van der Waals surface area contributed by atoms with Gasteiger partial charge in [-0.25, -0.2) is 9.98 Å². The second kappa shape index (κ2) is 12.1. The second-order valence-electron chi connectivity index (χ2n) is 13.8. The average Bonchev–Trinajstić information content (AvgIpc) is 3.74. The monoisotopic (exact) mass is 688 g/mol. The minimum atomic E-state index is 0.883. The Labute approximate surface area is 312 Å². The Kier molecular flexibility index (Phi) is 6.82. The predicted octanol–water partition coefficient (Wildman–Crippen LogP) is 12.5. The lowest BCUT2D eigenvalue weighted by atomic mass is 9.95. The molecule has 252 valence electrons. The zero-order valence-corrected chi connectivity index (χ0v) is 29.3. The molecule has 0 saturated carbocycles. The molecule has 10 aromatic rings. The van der Waals surface area contributed by atoms with Crippen LogP contribution in [0, 0.1) is 0 Å². The molecule has 3 heterocycles. The molecule has 0 radical (unpaired) electrons. The molecule has 4 nitrogen and oxygen atoms in total. The Morgan fingerprint density at radius 2 is 0.667 bits per heavy atom. The standard InChI is InChI=1S/C50H32N4/c1-3-15-35(16-4-1)53-45-25-13-9-19-37(45)39-29-27-33(31-47(39)53)49-41-21-7-11-23-43(41)52-50(42-22-8-12-24-44(42)51-49)34-28-30-40-38-20-10-14-26-46(38)54(48(40)32-34)36-17-5-2-6-18-36/h1-32H. The van der Waals surface area contributed by atoms with Crippen LogP contribution >= 0.6 is 0 Å². The summed E-state index contributed by atoms with van der Waals surface area (Å²) in [7, 11) is 0. The van der Waals surface area contributed by atoms with Crippen molar-refractivity contribution in [2.75, 3.05) is 0 Å². The van der Waals surface area contributed by atoms with Crippen molar-refractivity contribution in [3.63, 3.8) is 0 Å². The first kappa shape index (κ1) is 30.3. The Bertz CT molecular complexity index is 2930. The van der Waals surface area contributed by atoms with Gasteiger partial charge < -0.3 is 9.13 Å². The number of rotatable bonds is 4. The zero-order valence-electron chi connectivity index (χ0n) is 29.3. The van der Waals surface area contributed by atoms with Crippen molar-refractivity contribution in [1.29, 1.82) is 0 Å². The third-order valence-electron chi connectivity index (χ3n) is 10.7. The Morgan fingerprint density at radius 1 is 0.296 bits per heavy atom. The van der Waals surface area contributed by atoms with Gasteiger partial charge in [-0.15, -0.1) is 0 Å². The lowest BCUT2D eigenvalue weighted by Crippen LogP contribution is -2.10. The van der Waals surface area contributed by atoms with Crippen molar-refractivity contribution in [3.8, 4) is 11.4 Å². The highest BCUT2D eigenvalue weighted by molar-refractivity contribution is 6.24. The molecule has 1 aliphatic rings. The van der Waals surface area contributed by atoms with Gasteiger partial charge >= 0.3 is 0 Å². The average molecular weight is 689 g/mol. The molecule has 0 amide bonds. The number of hydrogen-bond donors (Lipinski definition) is 0. The summed E-state index contributed by atoms with van der Waals surface area (Å²) in [6, 6.07) is 68.8. The number of para-hydroxylation sites is 6. The van der Waals surface area contributed by atoms with Crippen molar-refractivity contribution in [2.24, 2.45) is 9.98 Å². The second-order valence-corrected chi connectivity index (χ2v) is 13.8. The smallest absolute Gasteiger partial charge is 0.0804 e. The third-order valence-corrected chi connectivity index (χ3v) is 10.7. The van der Waals surface area contributed by atoms with Gasteiger partial charge in [0.25, 0.3) is 0 Å². The number of benzene rings is 8. The topological polar surface area (TPSA) is 34.6 Å². The van der Waals surface area contributed by atoms with E-state index in [4.69, 9.17) is 9.98 Å². The van der Waals surface area contributed by atoms with E-state index in [2.05, 4.69) is 203 Å². The first-order chi connectivity index (χ1) is 26.8. The fourth-order valence-electron chi connectivity index (χ4n) is 8.29. The van der Waals surface area contributed by atoms with Crippen molar-refractivity contribution in [3.05, 3.63) is 216 Å². The van der Waals surface area contributed by atoms with Gasteiger partial charge in [0.1, 0.15) is 0 Å². The molecule has 4 heteroatoms. The number of fused-ring (bicyclic) bond motifs is 8. The summed E-state index contributed by atoms with van der Waals surface area (Å²) in [4.78, 5) is 11.1. The molecule has 0 saturated heterocycles. The molecule has 54 heavy (non-hydrogen) atoms. The zero-order chi connectivity index (χ0) is 35.6. The van der Waals surface area contributed by atoms with E-state index in [0.29, 0.717) is 0 Å². The SMILES string of the molecule is c1ccc(-n2c3ccccc3c3ccc(C4=Nc5ccccc5C(c5ccc6c7ccccc7n(-c7ccccc7)c6c5)=Nc5ccccc54)cc32)cc1. The number of aliphatic imine (C=N–C) groups is 2. The summed E-state index contributed by atoms with van der Waals surface area (Å²) >= 11 is 0. The molecule has 11 rings (SSSR count). The molecule has 0 atom stereocenters. The lowest BCUT2D eigenvalue weighted by molar-refractivity contribution is 1.18. The van der Waals surface area contributed by atoms with Crippen LogP contribution in [0.25, 0.3) is 55.0 Å². The summed E-state index contributed by atoms with van der Waals surface area (Å²) in [5.74, 6) is 0. The van der Waals surface area contributed by atoms with Crippen LogP contribution < -0.4 is 0 Å². The van der Waals surface area contributed by atoms with E-state index < -0.39 is 0 Å². The summed E-state index contributed by atoms with van der Waals surface area (Å²) in [5, 5.41) is 4.88. The van der Waals surface area contributed by atoms with Crippen LogP contribution in [0.1, 0.15) is 22.3 Å². The van der Waals surface area contributed by atoms with Crippen LogP contribution in [-0.2, 0) is 0 Å². The van der Waals surface area contributed by atoms with Gasteiger partial charge in [-0.2, -0.15) is 0 Å². The van der Waals surface area contributed by atoms with Crippen LogP contribution in [0.4, 0.5) is 11.4 Å². The van der Waals surface area contributed by atoms with Gasteiger partial charge in [0, 0.05) is 55.2 Å². The molecule has 0 spiro atoms. The van der Waals surface area contributed by atoms with Gasteiger partial charge in [0.05, 0.1) is 44.9 Å². The summed E-state index contributed by atoms with van der Waals surface area (Å²) in [6.45, 7) is 0. The predicted molar refractivity (Wildman–Crippen MR) is 225 cm³/mol. The first-order valence-electron chi connectivity index (χ1n) is 18.3. The van der Waals surface area contributed by atoms with Crippen molar-refractivity contribution in [2.45, 2.75) is 0 Å².